The van der Waals surface area contributed by atoms with Gasteiger partial charge >= 0.3 is 0 Å². The van der Waals surface area contributed by atoms with E-state index in [-0.39, 0.29) is 0 Å². The van der Waals surface area contributed by atoms with E-state index in [2.05, 4.69) is 24.1 Å². The van der Waals surface area contributed by atoms with Gasteiger partial charge in [0, 0.05) is 6.20 Å². The maximum Gasteiger partial charge on any atom is 0.0959 e. The minimum atomic E-state index is -0.423. The molecule has 19 heavy (non-hydrogen) atoms. The molecule has 1 unspecified atom stereocenters. The fourth-order valence-corrected chi connectivity index (χ4v) is 2.75. The predicted octanol–water partition coefficient (Wildman–Crippen LogP) is 4.51. The molecule has 2 heteroatoms. The first-order chi connectivity index (χ1) is 9.29. The normalized spacial score (nSPS) is 18.8. The number of hydrogen-bond donors (Lipinski definition) is 1. The molecule has 1 heterocycles. The van der Waals surface area contributed by atoms with Crippen LogP contribution in [0.5, 0.6) is 0 Å². The summed E-state index contributed by atoms with van der Waals surface area (Å²) in [6.07, 6.45) is 14.4. The molecule has 0 radical (unpaired) electrons. The fraction of sp³-hybridized carbons (Fsp3) is 0.588. The summed E-state index contributed by atoms with van der Waals surface area (Å²) < 4.78 is 0. The van der Waals surface area contributed by atoms with Gasteiger partial charge in [-0.2, -0.15) is 0 Å². The molecule has 0 bridgehead atoms. The summed E-state index contributed by atoms with van der Waals surface area (Å²) in [4.78, 5) is 4.27. The van der Waals surface area contributed by atoms with Crippen molar-refractivity contribution in [2.24, 2.45) is 5.92 Å². The average molecular weight is 259 g/mol. The Balaban J connectivity index is 1.99. The second-order valence-electron chi connectivity index (χ2n) is 5.58. The van der Waals surface area contributed by atoms with Gasteiger partial charge in [0.05, 0.1) is 11.8 Å². The van der Waals surface area contributed by atoms with Crippen LogP contribution in [0.3, 0.4) is 0 Å². The highest BCUT2D eigenvalue weighted by Gasteiger charge is 2.10. The summed E-state index contributed by atoms with van der Waals surface area (Å²) in [6.45, 7) is 2.08. The van der Waals surface area contributed by atoms with Crippen LogP contribution in [0.4, 0.5) is 0 Å². The summed E-state index contributed by atoms with van der Waals surface area (Å²) in [5.74, 6) is 0.742. The highest BCUT2D eigenvalue weighted by molar-refractivity contribution is 5.49. The van der Waals surface area contributed by atoms with E-state index in [1.807, 2.05) is 12.1 Å². The minimum absolute atomic E-state index is 0.423. The molecule has 1 aromatic rings. The van der Waals surface area contributed by atoms with Gasteiger partial charge in [-0.15, -0.1) is 0 Å². The summed E-state index contributed by atoms with van der Waals surface area (Å²) in [5, 5.41) is 9.98. The summed E-state index contributed by atoms with van der Waals surface area (Å²) in [5.41, 5.74) is 1.96. The smallest absolute Gasteiger partial charge is 0.0959 e. The van der Waals surface area contributed by atoms with Crippen LogP contribution in [-0.4, -0.2) is 10.1 Å². The van der Waals surface area contributed by atoms with Crippen molar-refractivity contribution in [2.45, 2.75) is 58.0 Å². The van der Waals surface area contributed by atoms with Gasteiger partial charge in [-0.3, -0.25) is 4.98 Å². The Morgan fingerprint density at radius 1 is 1.37 bits per heavy atom. The first kappa shape index (κ1) is 14.3. The van der Waals surface area contributed by atoms with Crippen LogP contribution >= 0.6 is 0 Å². The van der Waals surface area contributed by atoms with Crippen molar-refractivity contribution in [3.63, 3.8) is 0 Å². The lowest BCUT2D eigenvalue weighted by molar-refractivity contribution is 0.162. The molecular weight excluding hydrogens is 234 g/mol. The Morgan fingerprint density at radius 2 is 2.16 bits per heavy atom. The van der Waals surface area contributed by atoms with Gasteiger partial charge in [-0.1, -0.05) is 44.8 Å². The van der Waals surface area contributed by atoms with Crippen LogP contribution in [0.2, 0.25) is 0 Å². The van der Waals surface area contributed by atoms with Gasteiger partial charge in [0.15, 0.2) is 0 Å². The highest BCUT2D eigenvalue weighted by atomic mass is 16.3. The summed E-state index contributed by atoms with van der Waals surface area (Å²) >= 11 is 0. The molecule has 1 atom stereocenters. The third kappa shape index (κ3) is 4.46. The molecule has 0 spiro atoms. The molecule has 0 aromatic carbocycles. The predicted molar refractivity (Wildman–Crippen MR) is 79.7 cm³/mol. The largest absolute Gasteiger partial charge is 0.387 e. The van der Waals surface area contributed by atoms with Gasteiger partial charge in [0.2, 0.25) is 0 Å². The zero-order chi connectivity index (χ0) is 13.5. The van der Waals surface area contributed by atoms with Gasteiger partial charge in [0.1, 0.15) is 0 Å². The second kappa shape index (κ2) is 7.44. The van der Waals surface area contributed by atoms with E-state index in [9.17, 15) is 5.11 Å². The van der Waals surface area contributed by atoms with Crippen molar-refractivity contribution in [3.05, 3.63) is 35.7 Å². The van der Waals surface area contributed by atoms with E-state index in [4.69, 9.17) is 0 Å². The molecule has 1 aliphatic carbocycles. The van der Waals surface area contributed by atoms with Crippen molar-refractivity contribution in [3.8, 4) is 0 Å². The SMILES string of the molecule is CCCC(O)c1cc(/C=C/C2CCCCC2)ccn1. The molecule has 0 amide bonds. The zero-order valence-electron chi connectivity index (χ0n) is 11.9. The van der Waals surface area contributed by atoms with Crippen LogP contribution in [0.1, 0.15) is 69.2 Å². The number of nitrogens with zero attached hydrogens (tertiary/aromatic N) is 1. The van der Waals surface area contributed by atoms with E-state index >= 15 is 0 Å². The Morgan fingerprint density at radius 3 is 2.89 bits per heavy atom. The lowest BCUT2D eigenvalue weighted by atomic mass is 9.89. The van der Waals surface area contributed by atoms with Gasteiger partial charge in [-0.25, -0.2) is 0 Å². The van der Waals surface area contributed by atoms with Crippen LogP contribution in [0, 0.1) is 5.92 Å². The van der Waals surface area contributed by atoms with E-state index in [0.717, 1.165) is 30.0 Å². The summed E-state index contributed by atoms with van der Waals surface area (Å²) in [6, 6.07) is 4.03. The Kier molecular flexibility index (Phi) is 5.59. The number of aliphatic hydroxyl groups excluding tert-OH is 1. The van der Waals surface area contributed by atoms with Crippen LogP contribution in [-0.2, 0) is 0 Å². The molecular formula is C17H25NO. The van der Waals surface area contributed by atoms with Crippen molar-refractivity contribution in [1.29, 1.82) is 0 Å². The lowest BCUT2D eigenvalue weighted by Crippen LogP contribution is -2.02. The number of allylic oxidation sites excluding steroid dienone is 1. The molecule has 0 aliphatic heterocycles. The van der Waals surface area contributed by atoms with Crippen molar-refractivity contribution < 1.29 is 5.11 Å². The van der Waals surface area contributed by atoms with E-state index in [1.54, 1.807) is 6.20 Å². The minimum Gasteiger partial charge on any atom is -0.387 e. The van der Waals surface area contributed by atoms with Gasteiger partial charge in [-0.05, 0) is 42.9 Å². The Labute approximate surface area is 116 Å². The molecule has 104 valence electrons. The van der Waals surface area contributed by atoms with E-state index < -0.39 is 6.10 Å². The topological polar surface area (TPSA) is 33.1 Å². The average Bonchev–Trinajstić information content (AvgIpc) is 2.47. The summed E-state index contributed by atoms with van der Waals surface area (Å²) in [7, 11) is 0. The number of hydrogen-bond acceptors (Lipinski definition) is 2. The lowest BCUT2D eigenvalue weighted by Gasteiger charge is -2.17. The number of aliphatic hydroxyl groups is 1. The maximum absolute atomic E-state index is 9.98. The third-order valence-corrected chi connectivity index (χ3v) is 3.92. The quantitative estimate of drug-likeness (QED) is 0.844. The molecule has 1 aliphatic rings. The zero-order valence-corrected chi connectivity index (χ0v) is 11.9. The van der Waals surface area contributed by atoms with Crippen molar-refractivity contribution in [1.82, 2.24) is 4.98 Å². The highest BCUT2D eigenvalue weighted by Crippen LogP contribution is 2.25. The van der Waals surface area contributed by atoms with Crippen molar-refractivity contribution in [2.75, 3.05) is 0 Å². The second-order valence-corrected chi connectivity index (χ2v) is 5.58. The Bertz CT molecular complexity index is 407. The molecule has 1 aromatic heterocycles. The Hall–Kier alpha value is -1.15. The molecule has 2 nitrogen and oxygen atoms in total. The van der Waals surface area contributed by atoms with Crippen LogP contribution in [0.25, 0.3) is 6.08 Å². The first-order valence-corrected chi connectivity index (χ1v) is 7.62. The number of pyridine rings is 1. The molecule has 2 rings (SSSR count). The van der Waals surface area contributed by atoms with E-state index in [0.29, 0.717) is 0 Å². The van der Waals surface area contributed by atoms with Crippen molar-refractivity contribution >= 4 is 6.08 Å². The number of rotatable bonds is 5. The van der Waals surface area contributed by atoms with Crippen LogP contribution < -0.4 is 0 Å². The first-order valence-electron chi connectivity index (χ1n) is 7.62. The number of aromatic nitrogens is 1. The molecule has 1 saturated carbocycles. The maximum atomic E-state index is 9.98. The van der Waals surface area contributed by atoms with Gasteiger partial charge in [0.25, 0.3) is 0 Å². The molecule has 1 fully saturated rings. The molecule has 0 saturated heterocycles. The standard InChI is InChI=1S/C17H25NO/c1-2-6-17(19)16-13-15(11-12-18-16)10-9-14-7-4-3-5-8-14/h9-14,17,19H,2-8H2,1H3/b10-9+. The van der Waals surface area contributed by atoms with Crippen LogP contribution in [0.15, 0.2) is 24.4 Å². The van der Waals surface area contributed by atoms with E-state index in [1.165, 1.54) is 32.1 Å². The monoisotopic (exact) mass is 259 g/mol. The third-order valence-electron chi connectivity index (χ3n) is 3.92. The van der Waals surface area contributed by atoms with Gasteiger partial charge < -0.3 is 5.11 Å². The molecule has 1 N–H and O–H groups in total. The fourth-order valence-electron chi connectivity index (χ4n) is 2.75.